The van der Waals surface area contributed by atoms with Gasteiger partial charge >= 0.3 is 0 Å². The molecule has 2 aromatic carbocycles. The smallest absolute Gasteiger partial charge is 0.262 e. The van der Waals surface area contributed by atoms with Gasteiger partial charge < -0.3 is 10.1 Å². The number of hydrogen-bond acceptors (Lipinski definition) is 2. The van der Waals surface area contributed by atoms with Crippen molar-refractivity contribution in [1.29, 1.82) is 0 Å². The number of carbonyl (C=O) groups excluding carboxylic acids is 1. The molecule has 21 heavy (non-hydrogen) atoms. The summed E-state index contributed by atoms with van der Waals surface area (Å²) >= 11 is 12.1. The maximum Gasteiger partial charge on any atom is 0.262 e. The van der Waals surface area contributed by atoms with Gasteiger partial charge in [-0.05, 0) is 58.0 Å². The van der Waals surface area contributed by atoms with E-state index in [-0.39, 0.29) is 17.3 Å². The molecule has 6 heteroatoms. The van der Waals surface area contributed by atoms with E-state index in [1.54, 1.807) is 0 Å². The molecule has 0 saturated heterocycles. The Hall–Kier alpha value is -0.790. The van der Waals surface area contributed by atoms with Gasteiger partial charge in [-0.2, -0.15) is 0 Å². The second-order valence-corrected chi connectivity index (χ2v) is 7.11. The monoisotopic (exact) mass is 477 g/mol. The summed E-state index contributed by atoms with van der Waals surface area (Å²) in [5.41, 5.74) is 2.78. The van der Waals surface area contributed by atoms with Crippen LogP contribution in [0.5, 0.6) is 5.75 Å². The molecule has 1 aliphatic heterocycles. The van der Waals surface area contributed by atoms with Crippen LogP contribution in [0.25, 0.3) is 0 Å². The highest BCUT2D eigenvalue weighted by atomic mass is 127. The number of hydrogen-bond donors (Lipinski definition) is 1. The van der Waals surface area contributed by atoms with Crippen LogP contribution in [0.1, 0.15) is 16.0 Å². The minimum atomic E-state index is -0.136. The number of anilines is 1. The van der Waals surface area contributed by atoms with E-state index in [0.29, 0.717) is 11.4 Å². The standard InChI is InChI=1S/C15H10BrClINO2/c16-15(8-1-3-11(18)10(17)5-8)9-2-4-13-12(6-9)19-14(20)7-21-13/h1-6,15H,7H2,(H,19,20). The third-order valence-electron chi connectivity index (χ3n) is 3.17. The summed E-state index contributed by atoms with van der Waals surface area (Å²) in [6, 6.07) is 11.7. The van der Waals surface area contributed by atoms with Gasteiger partial charge in [-0.3, -0.25) is 4.79 Å². The number of rotatable bonds is 2. The lowest BCUT2D eigenvalue weighted by molar-refractivity contribution is -0.118. The first-order valence-corrected chi connectivity index (χ1v) is 8.57. The summed E-state index contributed by atoms with van der Waals surface area (Å²) in [5, 5.41) is 3.54. The summed E-state index contributed by atoms with van der Waals surface area (Å²) in [7, 11) is 0. The van der Waals surface area contributed by atoms with Crippen LogP contribution >= 0.6 is 50.1 Å². The first-order chi connectivity index (χ1) is 10.0. The highest BCUT2D eigenvalue weighted by Crippen LogP contribution is 2.37. The Bertz CT molecular complexity index is 723. The van der Waals surface area contributed by atoms with Gasteiger partial charge in [0.15, 0.2) is 6.61 Å². The molecule has 3 nitrogen and oxygen atoms in total. The first kappa shape index (κ1) is 15.1. The number of halogens is 3. The molecule has 0 radical (unpaired) electrons. The molecule has 1 unspecified atom stereocenters. The summed E-state index contributed by atoms with van der Waals surface area (Å²) in [4.78, 5) is 11.4. The zero-order valence-corrected chi connectivity index (χ0v) is 15.2. The lowest BCUT2D eigenvalue weighted by atomic mass is 10.0. The molecule has 1 aliphatic rings. The number of fused-ring (bicyclic) bond motifs is 1. The van der Waals surface area contributed by atoms with Crippen molar-refractivity contribution in [1.82, 2.24) is 0 Å². The highest BCUT2D eigenvalue weighted by molar-refractivity contribution is 14.1. The van der Waals surface area contributed by atoms with Crippen molar-refractivity contribution in [2.45, 2.75) is 4.83 Å². The van der Waals surface area contributed by atoms with E-state index < -0.39 is 0 Å². The maximum atomic E-state index is 11.4. The molecular weight excluding hydrogens is 468 g/mol. The minimum Gasteiger partial charge on any atom is -0.482 e. The third-order valence-corrected chi connectivity index (χ3v) is 5.80. The normalized spacial score (nSPS) is 14.9. The molecule has 1 N–H and O–H groups in total. The van der Waals surface area contributed by atoms with Crippen LogP contribution in [0.4, 0.5) is 5.69 Å². The largest absolute Gasteiger partial charge is 0.482 e. The van der Waals surface area contributed by atoms with E-state index >= 15 is 0 Å². The molecular formula is C15H10BrClINO2. The van der Waals surface area contributed by atoms with Crippen LogP contribution in [0.3, 0.4) is 0 Å². The van der Waals surface area contributed by atoms with Crippen molar-refractivity contribution in [3.8, 4) is 5.75 Å². The molecule has 108 valence electrons. The topological polar surface area (TPSA) is 38.3 Å². The number of carbonyl (C=O) groups is 1. The fraction of sp³-hybridized carbons (Fsp3) is 0.133. The predicted molar refractivity (Wildman–Crippen MR) is 95.5 cm³/mol. The van der Waals surface area contributed by atoms with Crippen LogP contribution in [-0.4, -0.2) is 12.5 Å². The van der Waals surface area contributed by atoms with Gasteiger partial charge in [-0.25, -0.2) is 0 Å². The molecule has 3 rings (SSSR count). The van der Waals surface area contributed by atoms with Crippen molar-refractivity contribution in [3.05, 3.63) is 56.1 Å². The molecule has 0 saturated carbocycles. The quantitative estimate of drug-likeness (QED) is 0.499. The summed E-state index contributed by atoms with van der Waals surface area (Å²) in [6.45, 7) is 0.0663. The fourth-order valence-corrected chi connectivity index (χ4v) is 3.21. The second kappa shape index (κ2) is 6.14. The van der Waals surface area contributed by atoms with Crippen molar-refractivity contribution in [3.63, 3.8) is 0 Å². The molecule has 0 aliphatic carbocycles. The van der Waals surface area contributed by atoms with Crippen molar-refractivity contribution in [2.75, 3.05) is 11.9 Å². The van der Waals surface area contributed by atoms with E-state index in [9.17, 15) is 4.79 Å². The Kier molecular flexibility index (Phi) is 4.42. The van der Waals surface area contributed by atoms with E-state index in [2.05, 4.69) is 43.8 Å². The van der Waals surface area contributed by atoms with Gasteiger partial charge in [0.1, 0.15) is 5.75 Å². The van der Waals surface area contributed by atoms with Crippen molar-refractivity contribution in [2.24, 2.45) is 0 Å². The second-order valence-electron chi connectivity index (χ2n) is 4.63. The van der Waals surface area contributed by atoms with Gasteiger partial charge in [-0.15, -0.1) is 0 Å². The molecule has 2 aromatic rings. The zero-order chi connectivity index (χ0) is 15.0. The number of alkyl halides is 1. The molecule has 0 aromatic heterocycles. The van der Waals surface area contributed by atoms with Gasteiger partial charge in [0, 0.05) is 3.57 Å². The molecule has 0 bridgehead atoms. The number of ether oxygens (including phenoxy) is 1. The molecule has 1 atom stereocenters. The minimum absolute atomic E-state index is 0.00358. The van der Waals surface area contributed by atoms with Gasteiger partial charge in [0.05, 0.1) is 15.5 Å². The van der Waals surface area contributed by atoms with Crippen LogP contribution in [-0.2, 0) is 4.79 Å². The molecule has 1 amide bonds. The fourth-order valence-electron chi connectivity index (χ4n) is 2.12. The van der Waals surface area contributed by atoms with E-state index in [0.717, 1.165) is 19.7 Å². The Morgan fingerprint density at radius 1 is 1.24 bits per heavy atom. The summed E-state index contributed by atoms with van der Waals surface area (Å²) < 4.78 is 6.38. The van der Waals surface area contributed by atoms with Gasteiger partial charge in [-0.1, -0.05) is 39.7 Å². The third kappa shape index (κ3) is 3.19. The van der Waals surface area contributed by atoms with Gasteiger partial charge in [0.2, 0.25) is 0 Å². The van der Waals surface area contributed by atoms with Crippen LogP contribution in [0.2, 0.25) is 5.02 Å². The summed E-state index contributed by atoms with van der Waals surface area (Å²) in [6.07, 6.45) is 0. The lowest BCUT2D eigenvalue weighted by Crippen LogP contribution is -2.25. The Labute approximate surface area is 149 Å². The zero-order valence-electron chi connectivity index (χ0n) is 10.7. The Balaban J connectivity index is 1.94. The van der Waals surface area contributed by atoms with E-state index in [1.807, 2.05) is 36.4 Å². The van der Waals surface area contributed by atoms with Gasteiger partial charge in [0.25, 0.3) is 5.91 Å². The molecule has 1 heterocycles. The van der Waals surface area contributed by atoms with Crippen molar-refractivity contribution < 1.29 is 9.53 Å². The lowest BCUT2D eigenvalue weighted by Gasteiger charge is -2.20. The Morgan fingerprint density at radius 3 is 2.71 bits per heavy atom. The molecule has 0 spiro atoms. The van der Waals surface area contributed by atoms with Crippen molar-refractivity contribution >= 4 is 61.7 Å². The number of benzene rings is 2. The SMILES string of the molecule is O=C1COc2ccc(C(Br)c3ccc(I)c(Cl)c3)cc2N1. The Morgan fingerprint density at radius 2 is 1.95 bits per heavy atom. The highest BCUT2D eigenvalue weighted by Gasteiger charge is 2.19. The average molecular weight is 479 g/mol. The van der Waals surface area contributed by atoms with E-state index in [4.69, 9.17) is 16.3 Å². The van der Waals surface area contributed by atoms with Crippen LogP contribution < -0.4 is 10.1 Å². The number of amides is 1. The number of nitrogens with one attached hydrogen (secondary N) is 1. The molecule has 0 fully saturated rings. The summed E-state index contributed by atoms with van der Waals surface area (Å²) in [5.74, 6) is 0.557. The predicted octanol–water partition coefficient (Wildman–Crippen LogP) is 4.76. The van der Waals surface area contributed by atoms with E-state index in [1.165, 1.54) is 0 Å². The first-order valence-electron chi connectivity index (χ1n) is 6.20. The van der Waals surface area contributed by atoms with Crippen LogP contribution in [0, 0.1) is 3.57 Å². The van der Waals surface area contributed by atoms with Crippen LogP contribution in [0.15, 0.2) is 36.4 Å². The maximum absolute atomic E-state index is 11.4. The average Bonchev–Trinajstić information content (AvgIpc) is 2.48.